The molecule has 0 fully saturated rings. The number of phenols is 4. The zero-order chi connectivity index (χ0) is 98.3. The number of hydrogen-bond acceptors (Lipinski definition) is 16. The number of halogens is 3. The number of nitrogens with one attached hydrogen (secondary N) is 4. The summed E-state index contributed by atoms with van der Waals surface area (Å²) in [6, 6.07) is 49.8. The van der Waals surface area contributed by atoms with Crippen LogP contribution in [0, 0.1) is 41.8 Å². The van der Waals surface area contributed by atoms with E-state index in [1.54, 1.807) is 66.7 Å². The number of carbonyl (C=O) groups excluding carboxylic acids is 4. The molecule has 0 spiro atoms. The molecule has 0 aliphatic heterocycles. The number of phenolic OH excluding ortho intramolecular Hbond substituents is 4. The highest BCUT2D eigenvalue weighted by atomic mass is 19.1. The third kappa shape index (κ3) is 22.6. The summed E-state index contributed by atoms with van der Waals surface area (Å²) >= 11 is 0. The third-order valence-electron chi connectivity index (χ3n) is 26.9. The van der Waals surface area contributed by atoms with Gasteiger partial charge in [-0.1, -0.05) is 74.9 Å². The normalized spacial score (nSPS) is 17.4. The van der Waals surface area contributed by atoms with Gasteiger partial charge in [0, 0.05) is 107 Å². The first-order chi connectivity index (χ1) is 65.8. The van der Waals surface area contributed by atoms with Crippen LogP contribution in [0.5, 0.6) is 69.0 Å². The van der Waals surface area contributed by atoms with Crippen molar-refractivity contribution < 1.29 is 90.7 Å². The van der Waals surface area contributed by atoms with Gasteiger partial charge in [-0.15, -0.1) is 0 Å². The Hall–Kier alpha value is -15.1. The third-order valence-corrected chi connectivity index (χ3v) is 26.9. The van der Waals surface area contributed by atoms with Crippen LogP contribution in [-0.2, 0) is 86.4 Å². The van der Waals surface area contributed by atoms with Gasteiger partial charge in [0.1, 0.15) is 17.5 Å². The summed E-state index contributed by atoms with van der Waals surface area (Å²) < 4.78 is 92.9. The Bertz CT molecular complexity index is 6480. The van der Waals surface area contributed by atoms with Crippen molar-refractivity contribution in [3.8, 4) is 69.0 Å². The number of carbonyl (C=O) groups is 4. The van der Waals surface area contributed by atoms with E-state index >= 15 is 0 Å². The molecule has 28 heteroatoms. The molecule has 0 bridgehead atoms. The van der Waals surface area contributed by atoms with Gasteiger partial charge < -0.3 is 97.9 Å². The zero-order valence-corrected chi connectivity index (χ0v) is 79.9. The Morgan fingerprint density at radius 3 is 1.09 bits per heavy atom. The predicted molar refractivity (Wildman–Crippen MR) is 521 cm³/mol. The lowest BCUT2D eigenvalue weighted by Gasteiger charge is -2.22. The standard InChI is InChI=1S/C28H29N3O4.C27H31FN2O4.2C27H29FN2O4/c1-17-22(11-18-12-25(34-4)28(33)26(13-18)35-5)21-9-8-19(29-2)14-24(21)23(17)15-27(32)30-16-20-7-6-10-31(20)3;3*1-16-21(10-17-11-24(33-3)27(32)25(12-17)34-4)20-8-7-18(28)13-23(20)22(16)14-26(31)29-15-19-6-5-9-30(19)2/h6-14,17,23,33H,15-16H2,1,3-5H3,(H,30,32);5-9,11-13,16,21-22,32H,10,14-15H2,1-4H3,(H,29,31);5-9,11-13,22,32H,10,14-15H2,1-4H3,(H,29,31);5-13,16,22,32H,14-15H2,1-4H3,(H,29,31)/b22-11-;;;21-10-. The SMILES string of the molecule is COc1cc(/C=C2\c3ccc(F)cc3C(CC(=O)NCc3cccn3C)C2C)cc(OC)c1O.COc1cc(CC2=C(C)C(CC(=O)NCc3cccn3C)c3cc(F)ccc32)cc(OC)c1O.COc1cc(CC2c3ccc(F)cc3C(CC(=O)NCc3cccn3C)C2C)cc(OC)c1O.[C-]#[N+]c1ccc2c(c1)C(CC(=O)NCc1cccn1C)C(C)/C2=C/c1cc(OC)c(O)c(OC)c1. The molecule has 4 aromatic heterocycles. The van der Waals surface area contributed by atoms with Crippen molar-refractivity contribution in [3.05, 3.63) is 319 Å². The molecule has 8 unspecified atom stereocenters. The fourth-order valence-corrected chi connectivity index (χ4v) is 19.1. The van der Waals surface area contributed by atoms with Crippen molar-refractivity contribution in [3.63, 3.8) is 0 Å². The lowest BCUT2D eigenvalue weighted by molar-refractivity contribution is -0.122. The number of nitrogens with zero attached hydrogens (tertiary/aromatic N) is 5. The summed E-state index contributed by atoms with van der Waals surface area (Å²) in [7, 11) is 19.7. The van der Waals surface area contributed by atoms with Crippen LogP contribution in [-0.4, -0.2) is 119 Å². The minimum atomic E-state index is -0.325. The second kappa shape index (κ2) is 44.4. The highest BCUT2D eigenvalue weighted by molar-refractivity contribution is 5.92. The molecule has 4 aliphatic carbocycles. The Morgan fingerprint density at radius 2 is 0.715 bits per heavy atom. The van der Waals surface area contributed by atoms with Crippen molar-refractivity contribution in [1.82, 2.24) is 39.5 Å². The van der Waals surface area contributed by atoms with E-state index in [0.29, 0.717) is 104 Å². The van der Waals surface area contributed by atoms with Crippen LogP contribution >= 0.6 is 0 Å². The molecule has 8 N–H and O–H groups in total. The molecule has 0 saturated carbocycles. The van der Waals surface area contributed by atoms with E-state index in [1.807, 2.05) is 170 Å². The second-order valence-corrected chi connectivity index (χ2v) is 34.9. The number of aromatic nitrogens is 4. The highest BCUT2D eigenvalue weighted by Gasteiger charge is 2.41. The number of fused-ring (bicyclic) bond motifs is 4. The van der Waals surface area contributed by atoms with Gasteiger partial charge >= 0.3 is 0 Å². The molecular formula is C109H118F3N9O16. The Labute approximate surface area is 796 Å². The van der Waals surface area contributed by atoms with Crippen LogP contribution in [0.3, 0.4) is 0 Å². The maximum absolute atomic E-state index is 14.2. The lowest BCUT2D eigenvalue weighted by Crippen LogP contribution is -2.26. The molecule has 8 aromatic carbocycles. The van der Waals surface area contributed by atoms with E-state index < -0.39 is 0 Å². The van der Waals surface area contributed by atoms with Crippen molar-refractivity contribution in [2.24, 2.45) is 45.9 Å². The topological polar surface area (TPSA) is 295 Å². The van der Waals surface area contributed by atoms with E-state index in [-0.39, 0.29) is 124 Å². The quantitative estimate of drug-likeness (QED) is 0.0194. The second-order valence-electron chi connectivity index (χ2n) is 34.9. The summed E-state index contributed by atoms with van der Waals surface area (Å²) in [6.07, 6.45) is 14.0. The van der Waals surface area contributed by atoms with Crippen molar-refractivity contribution in [1.29, 1.82) is 0 Å². The first-order valence-electron chi connectivity index (χ1n) is 45.1. The number of aryl methyl sites for hydroxylation is 4. The molecule has 4 heterocycles. The van der Waals surface area contributed by atoms with Crippen LogP contribution in [0.1, 0.15) is 173 Å². The minimum Gasteiger partial charge on any atom is -0.502 e. The fraction of sp³-hybridized carbons (Fsp3) is 0.312. The number of aromatic hydroxyl groups is 4. The number of ether oxygens (including phenoxy) is 8. The number of amides is 4. The molecule has 4 amide bonds. The van der Waals surface area contributed by atoms with Crippen molar-refractivity contribution in [2.75, 3.05) is 56.9 Å². The number of hydrogen-bond donors (Lipinski definition) is 8. The van der Waals surface area contributed by atoms with Crippen LogP contribution in [0.2, 0.25) is 0 Å². The van der Waals surface area contributed by atoms with Crippen LogP contribution < -0.4 is 59.2 Å². The van der Waals surface area contributed by atoms with Gasteiger partial charge in [0.25, 0.3) is 0 Å². The van der Waals surface area contributed by atoms with E-state index in [2.05, 4.69) is 40.0 Å². The zero-order valence-electron chi connectivity index (χ0n) is 79.9. The smallest absolute Gasteiger partial charge is 0.221 e. The van der Waals surface area contributed by atoms with E-state index in [9.17, 15) is 52.8 Å². The average Bonchev–Trinajstić information content (AvgIpc) is 1.65. The largest absolute Gasteiger partial charge is 0.502 e. The average molecular weight is 1870 g/mol. The van der Waals surface area contributed by atoms with Crippen LogP contribution in [0.25, 0.3) is 33.7 Å². The van der Waals surface area contributed by atoms with Gasteiger partial charge in [0.15, 0.2) is 51.7 Å². The number of methoxy groups -OCH3 is 8. The fourth-order valence-electron chi connectivity index (χ4n) is 19.1. The van der Waals surface area contributed by atoms with Gasteiger partial charge in [-0.3, -0.25) is 19.2 Å². The summed E-state index contributed by atoms with van der Waals surface area (Å²) in [5.74, 6) is 0.842. The maximum Gasteiger partial charge on any atom is 0.221 e. The first kappa shape index (κ1) is 99.3. The van der Waals surface area contributed by atoms with Gasteiger partial charge in [-0.25, -0.2) is 18.0 Å². The summed E-state index contributed by atoms with van der Waals surface area (Å²) in [5, 5.41) is 53.0. The van der Waals surface area contributed by atoms with E-state index in [1.165, 1.54) is 87.2 Å². The van der Waals surface area contributed by atoms with Crippen molar-refractivity contribution in [2.45, 2.75) is 122 Å². The molecule has 0 radical (unpaired) electrons. The van der Waals surface area contributed by atoms with Gasteiger partial charge in [0.05, 0.1) is 89.6 Å². The molecule has 12 aromatic rings. The predicted octanol–water partition coefficient (Wildman–Crippen LogP) is 19.5. The summed E-state index contributed by atoms with van der Waals surface area (Å²) in [4.78, 5) is 55.0. The summed E-state index contributed by atoms with van der Waals surface area (Å²) in [5.41, 5.74) is 19.6. The molecule has 716 valence electrons. The minimum absolute atomic E-state index is 0.0246. The lowest BCUT2D eigenvalue weighted by atomic mass is 9.83. The molecule has 4 aliphatic rings. The number of rotatable bonds is 30. The first-order valence-corrected chi connectivity index (χ1v) is 45.1. The van der Waals surface area contributed by atoms with E-state index in [0.717, 1.165) is 112 Å². The Kier molecular flexibility index (Phi) is 32.2. The van der Waals surface area contributed by atoms with Crippen LogP contribution in [0.15, 0.2) is 200 Å². The molecule has 25 nitrogen and oxygen atoms in total. The molecule has 137 heavy (non-hydrogen) atoms. The van der Waals surface area contributed by atoms with Gasteiger partial charge in [-0.05, 0) is 278 Å². The number of allylic oxidation sites excluding steroid dienone is 4. The molecular weight excluding hydrogens is 1750 g/mol. The highest BCUT2D eigenvalue weighted by Crippen LogP contribution is 2.55. The summed E-state index contributed by atoms with van der Waals surface area (Å²) in [6.45, 7) is 17.5. The van der Waals surface area contributed by atoms with Gasteiger partial charge in [-0.2, -0.15) is 0 Å². The van der Waals surface area contributed by atoms with Crippen molar-refractivity contribution >= 4 is 58.2 Å². The van der Waals surface area contributed by atoms with Crippen LogP contribution in [0.4, 0.5) is 18.9 Å². The monoisotopic (exact) mass is 1870 g/mol. The Morgan fingerprint density at radius 1 is 0.387 bits per heavy atom. The molecule has 16 rings (SSSR count). The van der Waals surface area contributed by atoms with E-state index in [4.69, 9.17) is 44.5 Å². The molecule has 0 saturated heterocycles. The van der Waals surface area contributed by atoms with Gasteiger partial charge in [0.2, 0.25) is 46.6 Å². The Balaban J connectivity index is 0.000000154. The molecule has 8 atom stereocenters. The number of benzene rings is 8. The maximum atomic E-state index is 14.2.